The van der Waals surface area contributed by atoms with E-state index in [1.165, 1.54) is 44.5 Å². The first kappa shape index (κ1) is 30.6. The van der Waals surface area contributed by atoms with E-state index in [1.807, 2.05) is 48.8 Å². The Balaban J connectivity index is 1.13. The van der Waals surface area contributed by atoms with Gasteiger partial charge < -0.3 is 8.83 Å². The average molecular weight is 729 g/mol. The van der Waals surface area contributed by atoms with Gasteiger partial charge in [0.15, 0.2) is 5.82 Å². The molecule has 0 atom stereocenters. The molecule has 13 rings (SSSR count). The predicted molar refractivity (Wildman–Crippen MR) is 225 cm³/mol. The third kappa shape index (κ3) is 4.08. The topological polar surface area (TPSA) is 77.8 Å². The Kier molecular flexibility index (Phi) is 6.00. The van der Waals surface area contributed by atoms with Crippen molar-refractivity contribution in [3.8, 4) is 56.2 Å². The molecule has 0 unspecified atom stereocenters. The number of rotatable bonds is 3. The molecule has 0 fully saturated rings. The minimum absolute atomic E-state index is 0.612. The Morgan fingerprint density at radius 1 is 0.404 bits per heavy atom. The molecule has 6 heteroatoms. The lowest BCUT2D eigenvalue weighted by molar-refractivity contribution is 0.666. The second-order valence-electron chi connectivity index (χ2n) is 15.0. The molecule has 5 aromatic heterocycles. The van der Waals surface area contributed by atoms with Gasteiger partial charge in [0.25, 0.3) is 0 Å². The van der Waals surface area contributed by atoms with Crippen molar-refractivity contribution in [3.05, 3.63) is 193 Å². The van der Waals surface area contributed by atoms with Crippen LogP contribution in [-0.2, 0) is 5.41 Å². The third-order valence-corrected chi connectivity index (χ3v) is 12.1. The Hall–Kier alpha value is -7.70. The molecule has 11 aromatic rings. The fourth-order valence-corrected chi connectivity index (χ4v) is 9.76. The monoisotopic (exact) mass is 728 g/mol. The lowest BCUT2D eigenvalue weighted by Gasteiger charge is -2.31. The normalized spacial score (nSPS) is 13.4. The Morgan fingerprint density at radius 3 is 1.77 bits per heavy atom. The number of para-hydroxylation sites is 1. The first-order chi connectivity index (χ1) is 28.2. The third-order valence-electron chi connectivity index (χ3n) is 12.1. The quantitative estimate of drug-likeness (QED) is 0.180. The van der Waals surface area contributed by atoms with Crippen LogP contribution in [0.5, 0.6) is 0 Å². The van der Waals surface area contributed by atoms with Gasteiger partial charge >= 0.3 is 0 Å². The first-order valence-corrected chi connectivity index (χ1v) is 19.1. The summed E-state index contributed by atoms with van der Waals surface area (Å²) in [6.07, 6.45) is 7.22. The van der Waals surface area contributed by atoms with Gasteiger partial charge in [0.1, 0.15) is 22.3 Å². The van der Waals surface area contributed by atoms with E-state index in [0.717, 1.165) is 72.0 Å². The van der Waals surface area contributed by atoms with Crippen LogP contribution in [-0.4, -0.2) is 19.9 Å². The second-order valence-corrected chi connectivity index (χ2v) is 15.0. The highest BCUT2D eigenvalue weighted by molar-refractivity contribution is 6.16. The van der Waals surface area contributed by atoms with E-state index in [-0.39, 0.29) is 0 Å². The van der Waals surface area contributed by atoms with Crippen LogP contribution in [0.1, 0.15) is 22.3 Å². The molecule has 0 aliphatic heterocycles. The standard InChI is InChI=1S/C51H28N4O2/c1-4-14-39-32(11-1)33-12-2-5-15-40(33)51(39)41-25-47-37(34-13-3-6-16-44(34)57-47)24-36(41)35-18-20-46-48(49(35)51)38-23-29(17-19-45(38)56-46)50-54-42(30-9-7-21-52-27-30)26-43(55-50)31-10-8-22-53-28-31/h1-28H. The molecule has 6 aromatic carbocycles. The van der Waals surface area contributed by atoms with Gasteiger partial charge in [0.2, 0.25) is 0 Å². The van der Waals surface area contributed by atoms with E-state index in [0.29, 0.717) is 5.82 Å². The van der Waals surface area contributed by atoms with Gasteiger partial charge in [-0.3, -0.25) is 9.97 Å². The highest BCUT2D eigenvalue weighted by Gasteiger charge is 2.53. The zero-order valence-corrected chi connectivity index (χ0v) is 30.3. The Bertz CT molecular complexity index is 3370. The lowest BCUT2D eigenvalue weighted by Crippen LogP contribution is -2.26. The molecule has 0 radical (unpaired) electrons. The van der Waals surface area contributed by atoms with Gasteiger partial charge in [-0.2, -0.15) is 0 Å². The summed E-state index contributed by atoms with van der Waals surface area (Å²) in [4.78, 5) is 19.1. The van der Waals surface area contributed by atoms with Crippen LogP contribution in [0.2, 0.25) is 0 Å². The molecule has 0 N–H and O–H groups in total. The van der Waals surface area contributed by atoms with Crippen molar-refractivity contribution >= 4 is 43.9 Å². The first-order valence-electron chi connectivity index (χ1n) is 19.1. The fourth-order valence-electron chi connectivity index (χ4n) is 9.76. The molecule has 0 bridgehead atoms. The van der Waals surface area contributed by atoms with Crippen LogP contribution < -0.4 is 0 Å². The van der Waals surface area contributed by atoms with Gasteiger partial charge in [0.05, 0.1) is 16.8 Å². The van der Waals surface area contributed by atoms with E-state index in [2.05, 4.69) is 119 Å². The van der Waals surface area contributed by atoms with Crippen molar-refractivity contribution < 1.29 is 8.83 Å². The molecule has 6 nitrogen and oxygen atoms in total. The number of hydrogen-bond donors (Lipinski definition) is 0. The molecule has 1 spiro atoms. The van der Waals surface area contributed by atoms with Gasteiger partial charge in [-0.05, 0) is 117 Å². The van der Waals surface area contributed by atoms with Crippen molar-refractivity contribution in [3.63, 3.8) is 0 Å². The Morgan fingerprint density at radius 2 is 1.05 bits per heavy atom. The van der Waals surface area contributed by atoms with Gasteiger partial charge in [-0.25, -0.2) is 9.97 Å². The highest BCUT2D eigenvalue weighted by Crippen LogP contribution is 2.65. The van der Waals surface area contributed by atoms with Crippen LogP contribution in [0.3, 0.4) is 0 Å². The van der Waals surface area contributed by atoms with Crippen molar-refractivity contribution in [2.24, 2.45) is 0 Å². The summed E-state index contributed by atoms with van der Waals surface area (Å²) in [5, 5.41) is 4.33. The molecule has 0 saturated carbocycles. The van der Waals surface area contributed by atoms with Crippen molar-refractivity contribution in [1.29, 1.82) is 0 Å². The van der Waals surface area contributed by atoms with Crippen LogP contribution >= 0.6 is 0 Å². The predicted octanol–water partition coefficient (Wildman–Crippen LogP) is 12.4. The van der Waals surface area contributed by atoms with Crippen LogP contribution in [0, 0.1) is 0 Å². The van der Waals surface area contributed by atoms with Gasteiger partial charge in [-0.15, -0.1) is 0 Å². The fraction of sp³-hybridized carbons (Fsp3) is 0.0196. The SMILES string of the molecule is c1cncc(-c2cc(-c3cccnc3)nc(-c3ccc4oc5ccc6c(c5c4c3)C3(c4ccccc4-c4ccccc43)c3cc4oc5ccccc5c4cc3-6)n2)c1. The maximum Gasteiger partial charge on any atom is 0.160 e. The molecule has 5 heterocycles. The highest BCUT2D eigenvalue weighted by atomic mass is 16.3. The number of fused-ring (bicyclic) bond motifs is 17. The maximum absolute atomic E-state index is 6.78. The zero-order chi connectivity index (χ0) is 37.2. The van der Waals surface area contributed by atoms with Crippen LogP contribution in [0.15, 0.2) is 179 Å². The minimum atomic E-state index is -0.623. The van der Waals surface area contributed by atoms with Gasteiger partial charge in [-0.1, -0.05) is 72.8 Å². The molecule has 2 aliphatic carbocycles. The maximum atomic E-state index is 6.78. The number of furan rings is 2. The molecular weight excluding hydrogens is 701 g/mol. The van der Waals surface area contributed by atoms with E-state index < -0.39 is 5.41 Å². The van der Waals surface area contributed by atoms with Crippen LogP contribution in [0.4, 0.5) is 0 Å². The summed E-state index contributed by atoms with van der Waals surface area (Å²) in [6, 6.07) is 51.4. The molecule has 0 amide bonds. The summed E-state index contributed by atoms with van der Waals surface area (Å²) >= 11 is 0. The van der Waals surface area contributed by atoms with Crippen molar-refractivity contribution in [2.75, 3.05) is 0 Å². The van der Waals surface area contributed by atoms with Gasteiger partial charge in [0, 0.05) is 63.0 Å². The van der Waals surface area contributed by atoms with E-state index in [1.54, 1.807) is 12.4 Å². The number of pyridine rings is 2. The van der Waals surface area contributed by atoms with E-state index in [9.17, 15) is 0 Å². The van der Waals surface area contributed by atoms with Crippen molar-refractivity contribution in [1.82, 2.24) is 19.9 Å². The molecule has 57 heavy (non-hydrogen) atoms. The summed E-state index contributed by atoms with van der Waals surface area (Å²) in [7, 11) is 0. The summed E-state index contributed by atoms with van der Waals surface area (Å²) < 4.78 is 13.4. The lowest BCUT2D eigenvalue weighted by atomic mass is 9.69. The van der Waals surface area contributed by atoms with Crippen molar-refractivity contribution in [2.45, 2.75) is 5.41 Å². The summed E-state index contributed by atoms with van der Waals surface area (Å²) in [5.41, 5.74) is 16.9. The smallest absolute Gasteiger partial charge is 0.160 e. The number of aromatic nitrogens is 4. The number of nitrogens with zero attached hydrogens (tertiary/aromatic N) is 4. The summed E-state index contributed by atoms with van der Waals surface area (Å²) in [6.45, 7) is 0. The molecule has 264 valence electrons. The second kappa shape index (κ2) is 11.2. The van der Waals surface area contributed by atoms with E-state index in [4.69, 9.17) is 18.8 Å². The van der Waals surface area contributed by atoms with E-state index >= 15 is 0 Å². The Labute approximate surface area is 325 Å². The minimum Gasteiger partial charge on any atom is -0.456 e. The molecule has 0 saturated heterocycles. The van der Waals surface area contributed by atoms with Crippen LogP contribution in [0.25, 0.3) is 100 Å². The zero-order valence-electron chi connectivity index (χ0n) is 30.3. The average Bonchev–Trinajstić information content (AvgIpc) is 4.00. The number of hydrogen-bond acceptors (Lipinski definition) is 6. The summed E-state index contributed by atoms with van der Waals surface area (Å²) in [5.74, 6) is 0.612. The molecular formula is C51H28N4O2. The molecule has 2 aliphatic rings. The number of benzene rings is 6. The largest absolute Gasteiger partial charge is 0.456 e.